The van der Waals surface area contributed by atoms with Crippen molar-refractivity contribution in [3.63, 3.8) is 0 Å². The molecular weight excluding hydrogens is 272 g/mol. The van der Waals surface area contributed by atoms with Gasteiger partial charge in [-0.2, -0.15) is 0 Å². The molecule has 0 spiro atoms. The second-order valence-electron chi connectivity index (χ2n) is 4.95. The van der Waals surface area contributed by atoms with Gasteiger partial charge >= 0.3 is 0 Å². The monoisotopic (exact) mass is 291 g/mol. The lowest BCUT2D eigenvalue weighted by molar-refractivity contribution is 0.402. The molecule has 2 aromatic carbocycles. The Labute approximate surface area is 123 Å². The molecule has 1 atom stereocenters. The number of hydrogen-bond acceptors (Lipinski definition) is 2. The van der Waals surface area contributed by atoms with Crippen molar-refractivity contribution in [3.8, 4) is 5.75 Å². The number of hydrogen-bond donors (Lipinski definition) is 1. The normalized spacial score (nSPS) is 12.2. The highest BCUT2D eigenvalue weighted by Gasteiger charge is 2.10. The molecule has 21 heavy (non-hydrogen) atoms. The Morgan fingerprint density at radius 3 is 2.43 bits per heavy atom. The Balaban J connectivity index is 1.93. The summed E-state index contributed by atoms with van der Waals surface area (Å²) in [5.74, 6) is -0.250. The highest BCUT2D eigenvalue weighted by atomic mass is 19.1. The lowest BCUT2D eigenvalue weighted by Gasteiger charge is -2.17. The molecular formula is C17H19F2NO. The van der Waals surface area contributed by atoms with Crippen LogP contribution in [0.5, 0.6) is 5.75 Å². The van der Waals surface area contributed by atoms with Gasteiger partial charge in [0.05, 0.1) is 7.11 Å². The maximum atomic E-state index is 13.1. The lowest BCUT2D eigenvalue weighted by atomic mass is 10.1. The van der Waals surface area contributed by atoms with Crippen molar-refractivity contribution in [2.45, 2.75) is 19.4 Å². The van der Waals surface area contributed by atoms with E-state index >= 15 is 0 Å². The van der Waals surface area contributed by atoms with E-state index in [9.17, 15) is 8.78 Å². The van der Waals surface area contributed by atoms with E-state index in [-0.39, 0.29) is 6.04 Å². The molecule has 0 saturated carbocycles. The van der Waals surface area contributed by atoms with E-state index in [0.717, 1.165) is 17.4 Å². The highest BCUT2D eigenvalue weighted by Crippen LogP contribution is 2.24. The van der Waals surface area contributed by atoms with Crippen molar-refractivity contribution in [2.75, 3.05) is 13.7 Å². The van der Waals surface area contributed by atoms with Crippen LogP contribution in [-0.2, 0) is 6.42 Å². The van der Waals surface area contributed by atoms with Crippen LogP contribution >= 0.6 is 0 Å². The van der Waals surface area contributed by atoms with Gasteiger partial charge in [0.25, 0.3) is 0 Å². The van der Waals surface area contributed by atoms with Crippen LogP contribution < -0.4 is 10.1 Å². The van der Waals surface area contributed by atoms with E-state index in [1.54, 1.807) is 7.11 Å². The average Bonchev–Trinajstić information content (AvgIpc) is 2.46. The largest absolute Gasteiger partial charge is 0.496 e. The predicted molar refractivity (Wildman–Crippen MR) is 79.5 cm³/mol. The standard InChI is InChI=1S/C17H19F2NO/c1-12(16-5-3-4-6-17(16)21-2)20-8-7-13-9-14(18)11-15(19)10-13/h3-6,9-12,20H,7-8H2,1-2H3. The maximum absolute atomic E-state index is 13.1. The minimum absolute atomic E-state index is 0.0968. The summed E-state index contributed by atoms with van der Waals surface area (Å²) in [6, 6.07) is 11.5. The Hall–Kier alpha value is -1.94. The summed E-state index contributed by atoms with van der Waals surface area (Å²) in [4.78, 5) is 0. The van der Waals surface area contributed by atoms with Crippen LogP contribution in [0.2, 0.25) is 0 Å². The Kier molecular flexibility index (Phi) is 5.28. The number of benzene rings is 2. The smallest absolute Gasteiger partial charge is 0.126 e. The minimum Gasteiger partial charge on any atom is -0.496 e. The highest BCUT2D eigenvalue weighted by molar-refractivity contribution is 5.35. The molecule has 0 aliphatic heterocycles. The van der Waals surface area contributed by atoms with Crippen LogP contribution in [0.15, 0.2) is 42.5 Å². The quantitative estimate of drug-likeness (QED) is 0.872. The molecule has 0 aliphatic carbocycles. The van der Waals surface area contributed by atoms with E-state index in [1.807, 2.05) is 31.2 Å². The van der Waals surface area contributed by atoms with Gasteiger partial charge in [-0.1, -0.05) is 18.2 Å². The van der Waals surface area contributed by atoms with E-state index in [2.05, 4.69) is 5.32 Å². The fourth-order valence-electron chi connectivity index (χ4n) is 2.32. The Morgan fingerprint density at radius 1 is 1.10 bits per heavy atom. The fraction of sp³-hybridized carbons (Fsp3) is 0.294. The molecule has 0 aromatic heterocycles. The van der Waals surface area contributed by atoms with E-state index in [0.29, 0.717) is 18.5 Å². The van der Waals surface area contributed by atoms with E-state index < -0.39 is 11.6 Å². The number of nitrogens with one attached hydrogen (secondary N) is 1. The van der Waals surface area contributed by atoms with Crippen LogP contribution in [0.4, 0.5) is 8.78 Å². The molecule has 0 heterocycles. The second-order valence-corrected chi connectivity index (χ2v) is 4.95. The SMILES string of the molecule is COc1ccccc1C(C)NCCc1cc(F)cc(F)c1. The third-order valence-electron chi connectivity index (χ3n) is 3.39. The molecule has 0 saturated heterocycles. The molecule has 0 aliphatic rings. The first-order valence-electron chi connectivity index (χ1n) is 6.91. The minimum atomic E-state index is -0.539. The van der Waals surface area contributed by atoms with Crippen LogP contribution in [0.25, 0.3) is 0 Å². The van der Waals surface area contributed by atoms with Crippen molar-refractivity contribution in [2.24, 2.45) is 0 Å². The summed E-state index contributed by atoms with van der Waals surface area (Å²) in [6.45, 7) is 2.66. The molecule has 4 heteroatoms. The Morgan fingerprint density at radius 2 is 1.76 bits per heavy atom. The summed E-state index contributed by atoms with van der Waals surface area (Å²) < 4.78 is 31.5. The van der Waals surface area contributed by atoms with Gasteiger partial charge in [-0.15, -0.1) is 0 Å². The van der Waals surface area contributed by atoms with Crippen LogP contribution in [0.3, 0.4) is 0 Å². The first kappa shape index (κ1) is 15.4. The average molecular weight is 291 g/mol. The van der Waals surface area contributed by atoms with Gasteiger partial charge in [-0.3, -0.25) is 0 Å². The third-order valence-corrected chi connectivity index (χ3v) is 3.39. The molecule has 1 unspecified atom stereocenters. The van der Waals surface area contributed by atoms with Gasteiger partial charge in [0.2, 0.25) is 0 Å². The zero-order valence-corrected chi connectivity index (χ0v) is 12.2. The fourth-order valence-corrected chi connectivity index (χ4v) is 2.32. The first-order valence-corrected chi connectivity index (χ1v) is 6.91. The molecule has 2 aromatic rings. The van der Waals surface area contributed by atoms with Crippen molar-refractivity contribution in [3.05, 3.63) is 65.2 Å². The number of rotatable bonds is 6. The summed E-state index contributed by atoms with van der Waals surface area (Å²) in [5, 5.41) is 3.34. The van der Waals surface area contributed by atoms with Crippen molar-refractivity contribution >= 4 is 0 Å². The van der Waals surface area contributed by atoms with Gasteiger partial charge in [0.15, 0.2) is 0 Å². The van der Waals surface area contributed by atoms with Crippen LogP contribution in [-0.4, -0.2) is 13.7 Å². The summed E-state index contributed by atoms with van der Waals surface area (Å²) in [5.41, 5.74) is 1.71. The third kappa shape index (κ3) is 4.26. The van der Waals surface area contributed by atoms with Crippen LogP contribution in [0, 0.1) is 11.6 Å². The lowest BCUT2D eigenvalue weighted by Crippen LogP contribution is -2.21. The first-order chi connectivity index (χ1) is 10.1. The zero-order chi connectivity index (χ0) is 15.2. The molecule has 2 rings (SSSR count). The number of methoxy groups -OCH3 is 1. The van der Waals surface area contributed by atoms with E-state index in [4.69, 9.17) is 4.74 Å². The van der Waals surface area contributed by atoms with Gasteiger partial charge in [0, 0.05) is 17.7 Å². The second kappa shape index (κ2) is 7.18. The maximum Gasteiger partial charge on any atom is 0.126 e. The summed E-state index contributed by atoms with van der Waals surface area (Å²) >= 11 is 0. The number of halogens is 2. The van der Waals surface area contributed by atoms with Crippen molar-refractivity contribution in [1.29, 1.82) is 0 Å². The number of ether oxygens (including phenoxy) is 1. The topological polar surface area (TPSA) is 21.3 Å². The summed E-state index contributed by atoms with van der Waals surface area (Å²) in [6.07, 6.45) is 0.564. The zero-order valence-electron chi connectivity index (χ0n) is 12.2. The molecule has 2 nitrogen and oxygen atoms in total. The predicted octanol–water partition coefficient (Wildman–Crippen LogP) is 3.87. The number of para-hydroxylation sites is 1. The Bertz CT molecular complexity index is 581. The van der Waals surface area contributed by atoms with E-state index in [1.165, 1.54) is 12.1 Å². The molecule has 0 radical (unpaired) electrons. The van der Waals surface area contributed by atoms with Gasteiger partial charge in [0.1, 0.15) is 17.4 Å². The summed E-state index contributed by atoms with van der Waals surface area (Å²) in [7, 11) is 1.64. The van der Waals surface area contributed by atoms with Crippen molar-refractivity contribution in [1.82, 2.24) is 5.32 Å². The van der Waals surface area contributed by atoms with Crippen molar-refractivity contribution < 1.29 is 13.5 Å². The van der Waals surface area contributed by atoms with Gasteiger partial charge in [-0.25, -0.2) is 8.78 Å². The van der Waals surface area contributed by atoms with Crippen LogP contribution in [0.1, 0.15) is 24.1 Å². The van der Waals surface area contributed by atoms with Gasteiger partial charge in [-0.05, 0) is 43.7 Å². The molecule has 0 bridgehead atoms. The molecule has 0 fully saturated rings. The molecule has 1 N–H and O–H groups in total. The molecule has 112 valence electrons. The van der Waals surface area contributed by atoms with Gasteiger partial charge < -0.3 is 10.1 Å². The molecule has 0 amide bonds.